The molecular weight excluding hydrogens is 196 g/mol. The van der Waals surface area contributed by atoms with Crippen molar-refractivity contribution in [1.82, 2.24) is 0 Å². The highest BCUT2D eigenvalue weighted by Crippen LogP contribution is 2.15. The first-order valence-electron chi connectivity index (χ1n) is 4.92. The van der Waals surface area contributed by atoms with Crippen LogP contribution < -0.4 is 0 Å². The van der Waals surface area contributed by atoms with Crippen LogP contribution in [-0.4, -0.2) is 24.9 Å². The molecule has 80 valence electrons. The van der Waals surface area contributed by atoms with E-state index in [1.807, 2.05) is 5.38 Å². The van der Waals surface area contributed by atoms with Gasteiger partial charge in [0.15, 0.2) is 0 Å². The number of rotatable bonds is 6. The molecule has 0 aliphatic heterocycles. The first kappa shape index (κ1) is 11.7. The number of methoxy groups -OCH3 is 1. The second-order valence-electron chi connectivity index (χ2n) is 3.66. The number of hydrogen-bond donors (Lipinski definition) is 1. The van der Waals surface area contributed by atoms with Crippen molar-refractivity contribution in [3.63, 3.8) is 0 Å². The van der Waals surface area contributed by atoms with Crippen LogP contribution in [0.2, 0.25) is 0 Å². The van der Waals surface area contributed by atoms with Crippen LogP contribution in [0.3, 0.4) is 0 Å². The minimum absolute atomic E-state index is 0.250. The first-order chi connectivity index (χ1) is 6.74. The zero-order valence-electron chi connectivity index (χ0n) is 8.77. The van der Waals surface area contributed by atoms with Gasteiger partial charge in [-0.1, -0.05) is 6.92 Å². The van der Waals surface area contributed by atoms with E-state index >= 15 is 0 Å². The van der Waals surface area contributed by atoms with Gasteiger partial charge in [-0.15, -0.1) is 0 Å². The topological polar surface area (TPSA) is 29.5 Å². The van der Waals surface area contributed by atoms with Crippen LogP contribution in [0, 0.1) is 5.92 Å². The van der Waals surface area contributed by atoms with Gasteiger partial charge in [0.2, 0.25) is 0 Å². The molecule has 2 unspecified atom stereocenters. The standard InChI is InChI=1S/C11H18O2S/c1-9(3-5-13-2)11(12)7-10-4-6-14-8-10/h4,6,8-9,11-12H,3,5,7H2,1-2H3. The van der Waals surface area contributed by atoms with E-state index in [1.165, 1.54) is 5.56 Å². The quantitative estimate of drug-likeness (QED) is 0.787. The van der Waals surface area contributed by atoms with Gasteiger partial charge in [0, 0.05) is 13.7 Å². The molecule has 0 fully saturated rings. The molecule has 3 heteroatoms. The van der Waals surface area contributed by atoms with E-state index in [2.05, 4.69) is 18.4 Å². The lowest BCUT2D eigenvalue weighted by Gasteiger charge is -2.17. The molecule has 14 heavy (non-hydrogen) atoms. The zero-order chi connectivity index (χ0) is 10.4. The Bertz CT molecular complexity index is 233. The van der Waals surface area contributed by atoms with E-state index in [-0.39, 0.29) is 6.10 Å². The summed E-state index contributed by atoms with van der Waals surface area (Å²) in [5.74, 6) is 0.301. The summed E-state index contributed by atoms with van der Waals surface area (Å²) in [6.45, 7) is 2.79. The van der Waals surface area contributed by atoms with Gasteiger partial charge in [0.25, 0.3) is 0 Å². The Balaban J connectivity index is 2.30. The lowest BCUT2D eigenvalue weighted by Crippen LogP contribution is -2.21. The van der Waals surface area contributed by atoms with E-state index in [1.54, 1.807) is 18.4 Å². The summed E-state index contributed by atoms with van der Waals surface area (Å²) in [5.41, 5.74) is 1.23. The molecule has 2 nitrogen and oxygen atoms in total. The third-order valence-corrected chi connectivity index (χ3v) is 3.19. The number of aliphatic hydroxyl groups is 1. The summed E-state index contributed by atoms with van der Waals surface area (Å²) >= 11 is 1.68. The first-order valence-corrected chi connectivity index (χ1v) is 5.86. The molecule has 0 radical (unpaired) electrons. The predicted octanol–water partition coefficient (Wildman–Crippen LogP) is 2.32. The Morgan fingerprint density at radius 1 is 1.57 bits per heavy atom. The van der Waals surface area contributed by atoms with Crippen LogP contribution in [-0.2, 0) is 11.2 Å². The number of aliphatic hydroxyl groups excluding tert-OH is 1. The van der Waals surface area contributed by atoms with Crippen LogP contribution in [0.5, 0.6) is 0 Å². The molecule has 0 spiro atoms. The summed E-state index contributed by atoms with van der Waals surface area (Å²) in [5, 5.41) is 14.0. The SMILES string of the molecule is COCCC(C)C(O)Cc1ccsc1. The maximum Gasteiger partial charge on any atom is 0.0607 e. The van der Waals surface area contributed by atoms with Crippen molar-refractivity contribution in [3.8, 4) is 0 Å². The molecular formula is C11H18O2S. The minimum Gasteiger partial charge on any atom is -0.393 e. The Kier molecular flexibility index (Phi) is 5.15. The molecule has 0 aliphatic rings. The highest BCUT2D eigenvalue weighted by atomic mass is 32.1. The normalized spacial score (nSPS) is 15.4. The average Bonchev–Trinajstić information content (AvgIpc) is 2.66. The van der Waals surface area contributed by atoms with Crippen molar-refractivity contribution < 1.29 is 9.84 Å². The van der Waals surface area contributed by atoms with Crippen molar-refractivity contribution in [1.29, 1.82) is 0 Å². The summed E-state index contributed by atoms with van der Waals surface area (Å²) in [6, 6.07) is 2.07. The van der Waals surface area contributed by atoms with E-state index < -0.39 is 0 Å². The van der Waals surface area contributed by atoms with E-state index in [4.69, 9.17) is 4.74 Å². The fourth-order valence-corrected chi connectivity index (χ4v) is 2.03. The van der Waals surface area contributed by atoms with Crippen molar-refractivity contribution in [2.24, 2.45) is 5.92 Å². The Hall–Kier alpha value is -0.380. The summed E-state index contributed by atoms with van der Waals surface area (Å²) in [4.78, 5) is 0. The Morgan fingerprint density at radius 2 is 2.36 bits per heavy atom. The molecule has 1 aromatic rings. The summed E-state index contributed by atoms with van der Waals surface area (Å²) in [7, 11) is 1.69. The second kappa shape index (κ2) is 6.17. The van der Waals surface area contributed by atoms with Crippen LogP contribution in [0.15, 0.2) is 16.8 Å². The fourth-order valence-electron chi connectivity index (χ4n) is 1.35. The average molecular weight is 214 g/mol. The van der Waals surface area contributed by atoms with Gasteiger partial charge < -0.3 is 9.84 Å². The number of hydrogen-bond acceptors (Lipinski definition) is 3. The maximum absolute atomic E-state index is 9.87. The zero-order valence-corrected chi connectivity index (χ0v) is 9.59. The van der Waals surface area contributed by atoms with Gasteiger partial charge in [0.1, 0.15) is 0 Å². The van der Waals surface area contributed by atoms with Crippen LogP contribution in [0.4, 0.5) is 0 Å². The molecule has 0 aromatic carbocycles. The third kappa shape index (κ3) is 3.78. The van der Waals surface area contributed by atoms with Gasteiger partial charge in [-0.05, 0) is 41.1 Å². The molecule has 1 aromatic heterocycles. The molecule has 1 N–H and O–H groups in total. The van der Waals surface area contributed by atoms with Gasteiger partial charge in [-0.3, -0.25) is 0 Å². The monoisotopic (exact) mass is 214 g/mol. The molecule has 0 saturated heterocycles. The fraction of sp³-hybridized carbons (Fsp3) is 0.636. The van der Waals surface area contributed by atoms with Crippen molar-refractivity contribution >= 4 is 11.3 Å². The molecule has 0 saturated carbocycles. The highest BCUT2D eigenvalue weighted by molar-refractivity contribution is 7.07. The summed E-state index contributed by atoms with van der Waals surface area (Å²) < 4.78 is 4.99. The maximum atomic E-state index is 9.87. The van der Waals surface area contributed by atoms with Crippen LogP contribution in [0.1, 0.15) is 18.9 Å². The number of ether oxygens (including phenoxy) is 1. The molecule has 1 heterocycles. The van der Waals surface area contributed by atoms with Crippen molar-refractivity contribution in [3.05, 3.63) is 22.4 Å². The molecule has 2 atom stereocenters. The van der Waals surface area contributed by atoms with Gasteiger partial charge >= 0.3 is 0 Å². The molecule has 1 rings (SSSR count). The minimum atomic E-state index is -0.250. The van der Waals surface area contributed by atoms with E-state index in [0.717, 1.165) is 19.4 Å². The second-order valence-corrected chi connectivity index (χ2v) is 4.44. The molecule has 0 amide bonds. The number of thiophene rings is 1. The van der Waals surface area contributed by atoms with Gasteiger partial charge in [-0.25, -0.2) is 0 Å². The Morgan fingerprint density at radius 3 is 2.93 bits per heavy atom. The molecule has 0 aliphatic carbocycles. The van der Waals surface area contributed by atoms with Crippen LogP contribution in [0.25, 0.3) is 0 Å². The van der Waals surface area contributed by atoms with E-state index in [9.17, 15) is 5.11 Å². The van der Waals surface area contributed by atoms with Crippen molar-refractivity contribution in [2.75, 3.05) is 13.7 Å². The van der Waals surface area contributed by atoms with E-state index in [0.29, 0.717) is 5.92 Å². The summed E-state index contributed by atoms with van der Waals surface area (Å²) in [6.07, 6.45) is 1.43. The predicted molar refractivity (Wildman–Crippen MR) is 59.7 cm³/mol. The lowest BCUT2D eigenvalue weighted by molar-refractivity contribution is 0.0888. The largest absolute Gasteiger partial charge is 0.393 e. The van der Waals surface area contributed by atoms with Crippen molar-refractivity contribution in [2.45, 2.75) is 25.9 Å². The lowest BCUT2D eigenvalue weighted by atomic mass is 9.96. The third-order valence-electron chi connectivity index (χ3n) is 2.46. The smallest absolute Gasteiger partial charge is 0.0607 e. The highest BCUT2D eigenvalue weighted by Gasteiger charge is 2.14. The Labute approximate surface area is 89.5 Å². The van der Waals surface area contributed by atoms with Crippen LogP contribution >= 0.6 is 11.3 Å². The molecule has 0 bridgehead atoms. The van der Waals surface area contributed by atoms with Gasteiger partial charge in [0.05, 0.1) is 6.10 Å². The van der Waals surface area contributed by atoms with Gasteiger partial charge in [-0.2, -0.15) is 11.3 Å².